The van der Waals surface area contributed by atoms with Gasteiger partial charge >= 0.3 is 0 Å². The second kappa shape index (κ2) is 4.65. The minimum absolute atomic E-state index is 0.0872. The van der Waals surface area contributed by atoms with Crippen molar-refractivity contribution in [3.63, 3.8) is 0 Å². The molecule has 2 aromatic carbocycles. The molecule has 4 heteroatoms. The molecule has 2 unspecified atom stereocenters. The fraction of sp³-hybridized carbons (Fsp3) is 0.188. The van der Waals surface area contributed by atoms with Crippen LogP contribution in [0, 0.1) is 0 Å². The van der Waals surface area contributed by atoms with Crippen LogP contribution in [0.5, 0.6) is 11.5 Å². The highest BCUT2D eigenvalue weighted by atomic mass is 16.5. The fourth-order valence-electron chi connectivity index (χ4n) is 2.69. The summed E-state index contributed by atoms with van der Waals surface area (Å²) in [7, 11) is 1.58. The Labute approximate surface area is 116 Å². The molecule has 0 saturated carbocycles. The van der Waals surface area contributed by atoms with Crippen LogP contribution in [0.15, 0.2) is 42.5 Å². The quantitative estimate of drug-likeness (QED) is 0.877. The lowest BCUT2D eigenvalue weighted by Gasteiger charge is -2.15. The monoisotopic (exact) mass is 270 g/mol. The van der Waals surface area contributed by atoms with Crippen LogP contribution in [0.1, 0.15) is 27.4 Å². The Hall–Kier alpha value is -2.33. The Morgan fingerprint density at radius 2 is 1.80 bits per heavy atom. The molecule has 102 valence electrons. The molecule has 0 saturated heterocycles. The number of Topliss-reactive ketones (excluding diaryl/α,β-unsaturated/α-hetero) is 1. The van der Waals surface area contributed by atoms with Crippen molar-refractivity contribution in [3.05, 3.63) is 59.2 Å². The van der Waals surface area contributed by atoms with E-state index in [0.717, 1.165) is 5.56 Å². The highest BCUT2D eigenvalue weighted by Crippen LogP contribution is 2.40. The van der Waals surface area contributed by atoms with Crippen molar-refractivity contribution in [3.8, 4) is 11.5 Å². The Balaban J connectivity index is 2.09. The first-order chi connectivity index (χ1) is 9.61. The van der Waals surface area contributed by atoms with E-state index in [1.54, 1.807) is 31.4 Å². The average Bonchev–Trinajstić information content (AvgIpc) is 2.71. The number of aliphatic hydroxyl groups excluding tert-OH is 1. The number of phenolic OH excluding ortho intramolecular Hbond substituents is 1. The topological polar surface area (TPSA) is 66.8 Å². The van der Waals surface area contributed by atoms with Gasteiger partial charge in [0.1, 0.15) is 17.6 Å². The number of hydrogen-bond donors (Lipinski definition) is 2. The molecule has 4 nitrogen and oxygen atoms in total. The normalized spacial score (nSPS) is 20.8. The molecule has 0 spiro atoms. The van der Waals surface area contributed by atoms with E-state index in [1.807, 2.05) is 12.1 Å². The zero-order chi connectivity index (χ0) is 14.3. The maximum atomic E-state index is 12.1. The molecule has 2 aromatic rings. The third-order valence-electron chi connectivity index (χ3n) is 3.69. The van der Waals surface area contributed by atoms with Crippen molar-refractivity contribution in [1.82, 2.24) is 0 Å². The van der Waals surface area contributed by atoms with Gasteiger partial charge in [-0.25, -0.2) is 0 Å². The molecule has 0 radical (unpaired) electrons. The predicted octanol–water partition coefficient (Wildman–Crippen LogP) is 2.09. The lowest BCUT2D eigenvalue weighted by atomic mass is 9.91. The van der Waals surface area contributed by atoms with Crippen molar-refractivity contribution in [1.29, 1.82) is 0 Å². The number of phenols is 1. The lowest BCUT2D eigenvalue weighted by Crippen LogP contribution is -2.20. The van der Waals surface area contributed by atoms with Crippen LogP contribution in [-0.2, 0) is 0 Å². The number of benzene rings is 2. The second-order valence-corrected chi connectivity index (χ2v) is 4.83. The summed E-state index contributed by atoms with van der Waals surface area (Å²) < 4.78 is 5.10. The van der Waals surface area contributed by atoms with Gasteiger partial charge in [0.05, 0.1) is 7.11 Å². The number of hydrogen-bond acceptors (Lipinski definition) is 4. The van der Waals surface area contributed by atoms with Gasteiger partial charge in [-0.3, -0.25) is 4.79 Å². The van der Waals surface area contributed by atoms with Crippen molar-refractivity contribution in [2.24, 2.45) is 0 Å². The highest BCUT2D eigenvalue weighted by molar-refractivity contribution is 6.05. The number of methoxy groups -OCH3 is 1. The summed E-state index contributed by atoms with van der Waals surface area (Å²) in [5.41, 5.74) is 1.94. The first-order valence-corrected chi connectivity index (χ1v) is 6.31. The molecule has 1 aliphatic carbocycles. The minimum Gasteiger partial charge on any atom is -0.508 e. The highest BCUT2D eigenvalue weighted by Gasteiger charge is 2.39. The standard InChI is InChI=1S/C16H14O4/c1-20-11-5-2-9(3-6-11)14-13-8-10(17)4-7-12(13)15(18)16(14)19/h2-8,14,16-17,19H,1H3. The van der Waals surface area contributed by atoms with E-state index in [1.165, 1.54) is 6.07 Å². The van der Waals surface area contributed by atoms with Crippen LogP contribution in [-0.4, -0.2) is 29.2 Å². The summed E-state index contributed by atoms with van der Waals surface area (Å²) in [5, 5.41) is 19.8. The molecule has 3 rings (SSSR count). The smallest absolute Gasteiger partial charge is 0.192 e. The number of carbonyl (C=O) groups is 1. The van der Waals surface area contributed by atoms with Crippen molar-refractivity contribution < 1.29 is 19.7 Å². The molecule has 1 aliphatic rings. The van der Waals surface area contributed by atoms with E-state index in [4.69, 9.17) is 4.74 Å². The molecule has 20 heavy (non-hydrogen) atoms. The summed E-state index contributed by atoms with van der Waals surface area (Å²) in [4.78, 5) is 12.1. The summed E-state index contributed by atoms with van der Waals surface area (Å²) in [6.45, 7) is 0. The molecular formula is C16H14O4. The number of aromatic hydroxyl groups is 1. The van der Waals surface area contributed by atoms with Crippen molar-refractivity contribution >= 4 is 5.78 Å². The minimum atomic E-state index is -1.11. The molecule has 2 atom stereocenters. The van der Waals surface area contributed by atoms with Crippen LogP contribution >= 0.6 is 0 Å². The molecule has 0 aromatic heterocycles. The van der Waals surface area contributed by atoms with E-state index in [-0.39, 0.29) is 11.5 Å². The summed E-state index contributed by atoms with van der Waals surface area (Å²) in [6, 6.07) is 11.8. The van der Waals surface area contributed by atoms with E-state index >= 15 is 0 Å². The maximum absolute atomic E-state index is 12.1. The number of ether oxygens (including phenoxy) is 1. The number of fused-ring (bicyclic) bond motifs is 1. The Morgan fingerprint density at radius 1 is 1.10 bits per heavy atom. The fourth-order valence-corrected chi connectivity index (χ4v) is 2.69. The first-order valence-electron chi connectivity index (χ1n) is 6.31. The molecule has 2 N–H and O–H groups in total. The van der Waals surface area contributed by atoms with Gasteiger partial charge < -0.3 is 14.9 Å². The average molecular weight is 270 g/mol. The van der Waals surface area contributed by atoms with Gasteiger partial charge in [-0.1, -0.05) is 12.1 Å². The van der Waals surface area contributed by atoms with Gasteiger partial charge in [0, 0.05) is 11.5 Å². The second-order valence-electron chi connectivity index (χ2n) is 4.83. The SMILES string of the molecule is COc1ccc(C2c3cc(O)ccc3C(=O)C2O)cc1. The maximum Gasteiger partial charge on any atom is 0.192 e. The number of ketones is 1. The largest absolute Gasteiger partial charge is 0.508 e. The van der Waals surface area contributed by atoms with Crippen LogP contribution in [0.4, 0.5) is 0 Å². The van der Waals surface area contributed by atoms with Gasteiger partial charge in [0.25, 0.3) is 0 Å². The van der Waals surface area contributed by atoms with Gasteiger partial charge in [-0.2, -0.15) is 0 Å². The molecule has 0 bridgehead atoms. The zero-order valence-corrected chi connectivity index (χ0v) is 10.9. The van der Waals surface area contributed by atoms with Crippen molar-refractivity contribution in [2.45, 2.75) is 12.0 Å². The molecule has 0 amide bonds. The zero-order valence-electron chi connectivity index (χ0n) is 10.9. The number of aliphatic hydroxyl groups is 1. The molecular weight excluding hydrogens is 256 g/mol. The number of rotatable bonds is 2. The first kappa shape index (κ1) is 12.7. The van der Waals surface area contributed by atoms with E-state index < -0.39 is 12.0 Å². The third-order valence-corrected chi connectivity index (χ3v) is 3.69. The van der Waals surface area contributed by atoms with Crippen LogP contribution in [0.25, 0.3) is 0 Å². The predicted molar refractivity (Wildman–Crippen MR) is 73.3 cm³/mol. The summed E-state index contributed by atoms with van der Waals surface area (Å²) >= 11 is 0. The Morgan fingerprint density at radius 3 is 2.45 bits per heavy atom. The molecule has 0 aliphatic heterocycles. The third kappa shape index (κ3) is 1.85. The van der Waals surface area contributed by atoms with E-state index in [9.17, 15) is 15.0 Å². The van der Waals surface area contributed by atoms with Gasteiger partial charge in [0.15, 0.2) is 5.78 Å². The summed E-state index contributed by atoms with van der Waals surface area (Å²) in [6.07, 6.45) is -1.11. The molecule has 0 fully saturated rings. The lowest BCUT2D eigenvalue weighted by molar-refractivity contribution is 0.0754. The van der Waals surface area contributed by atoms with Gasteiger partial charge in [-0.15, -0.1) is 0 Å². The van der Waals surface area contributed by atoms with Crippen LogP contribution in [0.3, 0.4) is 0 Å². The van der Waals surface area contributed by atoms with E-state index in [2.05, 4.69) is 0 Å². The van der Waals surface area contributed by atoms with Crippen LogP contribution in [0.2, 0.25) is 0 Å². The van der Waals surface area contributed by atoms with Gasteiger partial charge in [0.2, 0.25) is 0 Å². The van der Waals surface area contributed by atoms with Gasteiger partial charge in [-0.05, 0) is 41.5 Å². The number of carbonyl (C=O) groups excluding carboxylic acids is 1. The Bertz CT molecular complexity index is 661. The Kier molecular flexibility index (Phi) is 2.95. The van der Waals surface area contributed by atoms with E-state index in [0.29, 0.717) is 16.9 Å². The van der Waals surface area contributed by atoms with Crippen molar-refractivity contribution in [2.75, 3.05) is 7.11 Å². The molecule has 0 heterocycles. The summed E-state index contributed by atoms with van der Waals surface area (Å²) in [5.74, 6) is 0.0455. The van der Waals surface area contributed by atoms with Crippen LogP contribution < -0.4 is 4.74 Å².